The Kier molecular flexibility index (Phi) is 5.22. The molecule has 0 spiro atoms. The first-order valence-corrected chi connectivity index (χ1v) is 6.80. The Hall–Kier alpha value is -2.47. The van der Waals surface area contributed by atoms with Gasteiger partial charge in [-0.3, -0.25) is 9.78 Å². The summed E-state index contributed by atoms with van der Waals surface area (Å²) < 4.78 is 0. The van der Waals surface area contributed by atoms with Crippen molar-refractivity contribution in [3.05, 3.63) is 54.0 Å². The van der Waals surface area contributed by atoms with E-state index in [1.807, 2.05) is 18.3 Å². The summed E-state index contributed by atoms with van der Waals surface area (Å²) >= 11 is 0. The van der Waals surface area contributed by atoms with E-state index in [4.69, 9.17) is 11.5 Å². The zero-order valence-corrected chi connectivity index (χ0v) is 11.8. The molecule has 1 amide bonds. The average Bonchev–Trinajstić information content (AvgIpc) is 2.52. The summed E-state index contributed by atoms with van der Waals surface area (Å²) in [5.74, 6) is 0.312. The molecule has 0 saturated heterocycles. The number of amides is 1. The van der Waals surface area contributed by atoms with Crippen LogP contribution in [0.15, 0.2) is 42.9 Å². The van der Waals surface area contributed by atoms with Crippen LogP contribution in [0.3, 0.4) is 0 Å². The summed E-state index contributed by atoms with van der Waals surface area (Å²) in [5.41, 5.74) is 12.3. The fourth-order valence-electron chi connectivity index (χ4n) is 1.99. The molecule has 0 atom stereocenters. The van der Waals surface area contributed by atoms with Crippen LogP contribution in [0.1, 0.15) is 22.3 Å². The molecule has 0 aliphatic carbocycles. The minimum Gasteiger partial charge on any atom is -0.366 e. The zero-order valence-electron chi connectivity index (χ0n) is 11.8. The highest BCUT2D eigenvalue weighted by Gasteiger charge is 2.09. The normalized spacial score (nSPS) is 10.3. The molecular formula is C15H19N5O. The average molecular weight is 285 g/mol. The van der Waals surface area contributed by atoms with E-state index in [0.717, 1.165) is 24.3 Å². The summed E-state index contributed by atoms with van der Waals surface area (Å²) in [5, 5.41) is 0. The van der Waals surface area contributed by atoms with Gasteiger partial charge in [0.15, 0.2) is 0 Å². The monoisotopic (exact) mass is 285 g/mol. The number of hydrogen-bond donors (Lipinski definition) is 2. The maximum Gasteiger partial charge on any atom is 0.250 e. The SMILES string of the molecule is NCCCN(Cc1cccnc1)c1ccc(C(N)=O)cn1. The largest absolute Gasteiger partial charge is 0.366 e. The molecule has 0 unspecified atom stereocenters. The van der Waals surface area contributed by atoms with Crippen molar-refractivity contribution in [2.24, 2.45) is 11.5 Å². The molecule has 2 heterocycles. The quantitative estimate of drug-likeness (QED) is 0.788. The van der Waals surface area contributed by atoms with Crippen LogP contribution in [0, 0.1) is 0 Å². The van der Waals surface area contributed by atoms with Crippen molar-refractivity contribution in [2.75, 3.05) is 18.0 Å². The lowest BCUT2D eigenvalue weighted by atomic mass is 10.2. The second kappa shape index (κ2) is 7.35. The van der Waals surface area contributed by atoms with Crippen molar-refractivity contribution < 1.29 is 4.79 Å². The van der Waals surface area contributed by atoms with Crippen molar-refractivity contribution in [2.45, 2.75) is 13.0 Å². The van der Waals surface area contributed by atoms with Gasteiger partial charge in [0.05, 0.1) is 5.56 Å². The van der Waals surface area contributed by atoms with E-state index in [0.29, 0.717) is 18.7 Å². The number of nitrogens with zero attached hydrogens (tertiary/aromatic N) is 3. The molecule has 6 nitrogen and oxygen atoms in total. The molecule has 110 valence electrons. The number of primary amides is 1. The number of nitrogens with two attached hydrogens (primary N) is 2. The van der Waals surface area contributed by atoms with Crippen molar-refractivity contribution in [1.82, 2.24) is 9.97 Å². The van der Waals surface area contributed by atoms with Crippen molar-refractivity contribution >= 4 is 11.7 Å². The number of rotatable bonds is 7. The lowest BCUT2D eigenvalue weighted by molar-refractivity contribution is 0.1000. The number of carbonyl (C=O) groups excluding carboxylic acids is 1. The molecule has 2 aromatic heterocycles. The number of anilines is 1. The maximum atomic E-state index is 11.1. The van der Waals surface area contributed by atoms with Crippen LogP contribution in [-0.2, 0) is 6.54 Å². The van der Waals surface area contributed by atoms with E-state index >= 15 is 0 Å². The smallest absolute Gasteiger partial charge is 0.250 e. The molecule has 0 fully saturated rings. The topological polar surface area (TPSA) is 98.1 Å². The highest BCUT2D eigenvalue weighted by Crippen LogP contribution is 2.15. The van der Waals surface area contributed by atoms with E-state index in [1.165, 1.54) is 6.20 Å². The number of aromatic nitrogens is 2. The Morgan fingerprint density at radius 1 is 1.24 bits per heavy atom. The van der Waals surface area contributed by atoms with E-state index < -0.39 is 5.91 Å². The van der Waals surface area contributed by atoms with Crippen LogP contribution in [-0.4, -0.2) is 29.0 Å². The van der Waals surface area contributed by atoms with Crippen LogP contribution in [0.2, 0.25) is 0 Å². The second-order valence-electron chi connectivity index (χ2n) is 4.69. The predicted molar refractivity (Wildman–Crippen MR) is 81.7 cm³/mol. The van der Waals surface area contributed by atoms with Gasteiger partial charge in [-0.05, 0) is 36.7 Å². The van der Waals surface area contributed by atoms with Crippen LogP contribution in [0.5, 0.6) is 0 Å². The number of pyridine rings is 2. The minimum absolute atomic E-state index is 0.402. The standard InChI is InChI=1S/C15H19N5O/c16-6-2-8-20(11-12-3-1-7-18-9-12)14-5-4-13(10-19-14)15(17)21/h1,3-5,7,9-10H,2,6,8,11,16H2,(H2,17,21). The number of carbonyl (C=O) groups is 1. The summed E-state index contributed by atoms with van der Waals surface area (Å²) in [4.78, 5) is 21.6. The molecule has 6 heteroatoms. The van der Waals surface area contributed by atoms with Gasteiger partial charge in [0.25, 0.3) is 0 Å². The highest BCUT2D eigenvalue weighted by atomic mass is 16.1. The lowest BCUT2D eigenvalue weighted by Gasteiger charge is -2.23. The van der Waals surface area contributed by atoms with Gasteiger partial charge in [-0.25, -0.2) is 4.98 Å². The molecule has 21 heavy (non-hydrogen) atoms. The summed E-state index contributed by atoms with van der Waals surface area (Å²) in [7, 11) is 0. The Balaban J connectivity index is 2.16. The van der Waals surface area contributed by atoms with Gasteiger partial charge in [0, 0.05) is 31.7 Å². The molecule has 2 rings (SSSR count). The Bertz CT molecular complexity index is 570. The van der Waals surface area contributed by atoms with Crippen LogP contribution in [0.4, 0.5) is 5.82 Å². The first-order valence-electron chi connectivity index (χ1n) is 6.80. The second-order valence-corrected chi connectivity index (χ2v) is 4.69. The predicted octanol–water partition coefficient (Wildman–Crippen LogP) is 0.931. The maximum absolute atomic E-state index is 11.1. The Morgan fingerprint density at radius 2 is 2.10 bits per heavy atom. The lowest BCUT2D eigenvalue weighted by Crippen LogP contribution is -2.26. The fraction of sp³-hybridized carbons (Fsp3) is 0.267. The zero-order chi connectivity index (χ0) is 15.1. The molecular weight excluding hydrogens is 266 g/mol. The van der Waals surface area contributed by atoms with Gasteiger partial charge in [-0.15, -0.1) is 0 Å². The summed E-state index contributed by atoms with van der Waals surface area (Å²) in [6.45, 7) is 2.09. The fourth-order valence-corrected chi connectivity index (χ4v) is 1.99. The van der Waals surface area contributed by atoms with Crippen LogP contribution < -0.4 is 16.4 Å². The van der Waals surface area contributed by atoms with Gasteiger partial charge in [0.1, 0.15) is 5.82 Å². The first kappa shape index (κ1) is 14.9. The molecule has 0 radical (unpaired) electrons. The molecule has 0 bridgehead atoms. The van der Waals surface area contributed by atoms with Crippen molar-refractivity contribution in [3.63, 3.8) is 0 Å². The van der Waals surface area contributed by atoms with E-state index in [-0.39, 0.29) is 0 Å². The van der Waals surface area contributed by atoms with Gasteiger partial charge in [-0.2, -0.15) is 0 Å². The van der Waals surface area contributed by atoms with Crippen molar-refractivity contribution in [3.8, 4) is 0 Å². The van der Waals surface area contributed by atoms with Crippen LogP contribution in [0.25, 0.3) is 0 Å². The molecule has 4 N–H and O–H groups in total. The molecule has 2 aromatic rings. The van der Waals surface area contributed by atoms with E-state index in [1.54, 1.807) is 18.3 Å². The highest BCUT2D eigenvalue weighted by molar-refractivity contribution is 5.92. The Labute approximate surface area is 123 Å². The van der Waals surface area contributed by atoms with Gasteiger partial charge in [-0.1, -0.05) is 6.07 Å². The minimum atomic E-state index is -0.477. The van der Waals surface area contributed by atoms with Gasteiger partial charge in [0.2, 0.25) is 5.91 Å². The van der Waals surface area contributed by atoms with Gasteiger partial charge < -0.3 is 16.4 Å². The Morgan fingerprint density at radius 3 is 2.67 bits per heavy atom. The third-order valence-corrected chi connectivity index (χ3v) is 3.08. The van der Waals surface area contributed by atoms with Crippen LogP contribution >= 0.6 is 0 Å². The summed E-state index contributed by atoms with van der Waals surface area (Å²) in [6.07, 6.45) is 5.93. The van der Waals surface area contributed by atoms with Gasteiger partial charge >= 0.3 is 0 Å². The third kappa shape index (κ3) is 4.25. The summed E-state index contributed by atoms with van der Waals surface area (Å²) in [6, 6.07) is 7.40. The third-order valence-electron chi connectivity index (χ3n) is 3.08. The number of hydrogen-bond acceptors (Lipinski definition) is 5. The molecule has 0 aliphatic rings. The first-order chi connectivity index (χ1) is 10.2. The molecule has 0 aromatic carbocycles. The molecule has 0 saturated carbocycles. The van der Waals surface area contributed by atoms with E-state index in [2.05, 4.69) is 14.9 Å². The van der Waals surface area contributed by atoms with E-state index in [9.17, 15) is 4.79 Å². The van der Waals surface area contributed by atoms with Crippen molar-refractivity contribution in [1.29, 1.82) is 0 Å². The molecule has 0 aliphatic heterocycles.